The average molecular weight is 403 g/mol. The number of fused-ring (bicyclic) bond motifs is 1. The molecule has 0 aliphatic carbocycles. The van der Waals surface area contributed by atoms with E-state index in [1.807, 2.05) is 0 Å². The topological polar surface area (TPSA) is 68.9 Å². The van der Waals surface area contributed by atoms with Crippen molar-refractivity contribution in [2.75, 3.05) is 0 Å². The largest absolute Gasteiger partial charge is 0.441 e. The molecule has 0 spiro atoms. The third kappa shape index (κ3) is 3.08. The van der Waals surface area contributed by atoms with Crippen LogP contribution in [0, 0.1) is 5.41 Å². The molecule has 0 radical (unpaired) electrons. The number of nitrogens with one attached hydrogen (secondary N) is 1. The third-order valence-electron chi connectivity index (χ3n) is 2.88. The summed E-state index contributed by atoms with van der Waals surface area (Å²) < 4.78 is 38.9. The van der Waals surface area contributed by atoms with Gasteiger partial charge in [-0.25, -0.2) is 0 Å². The first kappa shape index (κ1) is 15.9. The second-order valence-electron chi connectivity index (χ2n) is 4.47. The molecule has 1 aromatic carbocycles. The summed E-state index contributed by atoms with van der Waals surface area (Å²) in [6.07, 6.45) is -3.26. The number of aliphatic imine (C=N–C) groups is 1. The molecule has 2 aliphatic heterocycles. The maximum absolute atomic E-state index is 12.7. The zero-order valence-electron chi connectivity index (χ0n) is 11.1. The number of rotatable bonds is 1. The Morgan fingerprint density at radius 1 is 1.26 bits per heavy atom. The molecule has 10 heteroatoms. The van der Waals surface area contributed by atoms with Gasteiger partial charge in [0.15, 0.2) is 5.84 Å². The molecular weight excluding hydrogens is 397 g/mol. The van der Waals surface area contributed by atoms with Gasteiger partial charge in [0.1, 0.15) is 0 Å². The molecule has 2 heterocycles. The van der Waals surface area contributed by atoms with Crippen molar-refractivity contribution >= 4 is 55.7 Å². The number of benzene rings is 1. The van der Waals surface area contributed by atoms with Crippen molar-refractivity contribution in [3.8, 4) is 0 Å². The highest BCUT2D eigenvalue weighted by atomic mass is 79.9. The Labute approximate surface area is 140 Å². The molecule has 0 bridgehead atoms. The zero-order valence-corrected chi connectivity index (χ0v) is 13.5. The number of carbonyl (C=O) groups is 1. The fourth-order valence-electron chi connectivity index (χ4n) is 1.83. The first-order valence-electron chi connectivity index (χ1n) is 6.09. The Hall–Kier alpha value is -1.94. The Morgan fingerprint density at radius 3 is 2.52 bits per heavy atom. The van der Waals surface area contributed by atoms with E-state index in [0.717, 1.165) is 9.48 Å². The predicted octanol–water partition coefficient (Wildman–Crippen LogP) is 3.63. The second kappa shape index (κ2) is 5.60. The Balaban J connectivity index is 1.97. The van der Waals surface area contributed by atoms with Gasteiger partial charge >= 0.3 is 6.18 Å². The maximum atomic E-state index is 12.7. The van der Waals surface area contributed by atoms with E-state index in [1.54, 1.807) is 24.3 Å². The monoisotopic (exact) mass is 402 g/mol. The van der Waals surface area contributed by atoms with Crippen LogP contribution < -0.4 is 0 Å². The number of hydrogen-bond donors (Lipinski definition) is 1. The molecule has 23 heavy (non-hydrogen) atoms. The van der Waals surface area contributed by atoms with Crippen LogP contribution in [0.25, 0.3) is 6.08 Å². The summed E-state index contributed by atoms with van der Waals surface area (Å²) in [5.74, 6) is -1.20. The van der Waals surface area contributed by atoms with E-state index in [-0.39, 0.29) is 22.5 Å². The lowest BCUT2D eigenvalue weighted by Gasteiger charge is -2.20. The molecule has 118 valence electrons. The molecule has 3 rings (SSSR count). The quantitative estimate of drug-likeness (QED) is 0.729. The Bertz CT molecular complexity index is 798. The van der Waals surface area contributed by atoms with Crippen LogP contribution in [0.3, 0.4) is 0 Å². The summed E-state index contributed by atoms with van der Waals surface area (Å²) in [5.41, 5.74) is 0.496. The van der Waals surface area contributed by atoms with Crippen LogP contribution in [0.4, 0.5) is 13.2 Å². The average Bonchev–Trinajstić information content (AvgIpc) is 2.89. The highest BCUT2D eigenvalue weighted by Crippen LogP contribution is 2.35. The molecule has 0 atom stereocenters. The van der Waals surface area contributed by atoms with Gasteiger partial charge in [-0.15, -0.1) is 0 Å². The van der Waals surface area contributed by atoms with Gasteiger partial charge in [-0.05, 0) is 35.5 Å². The van der Waals surface area contributed by atoms with Gasteiger partial charge in [0, 0.05) is 4.47 Å². The van der Waals surface area contributed by atoms with E-state index in [1.165, 1.54) is 6.08 Å². The minimum Gasteiger partial charge on any atom is -0.282 e. The van der Waals surface area contributed by atoms with Crippen LogP contribution in [0.2, 0.25) is 0 Å². The normalized spacial score (nSPS) is 19.8. The molecule has 0 saturated carbocycles. The first-order chi connectivity index (χ1) is 10.8. The van der Waals surface area contributed by atoms with E-state index in [9.17, 15) is 18.0 Å². The molecule has 5 nitrogen and oxygen atoms in total. The molecule has 0 unspecified atom stereocenters. The smallest absolute Gasteiger partial charge is 0.282 e. The Morgan fingerprint density at radius 2 is 1.91 bits per heavy atom. The highest BCUT2D eigenvalue weighted by Gasteiger charge is 2.46. The number of nitrogens with zero attached hydrogens (tertiary/aromatic N) is 3. The summed E-state index contributed by atoms with van der Waals surface area (Å²) in [7, 11) is 0. The number of alkyl halides is 3. The lowest BCUT2D eigenvalue weighted by Crippen LogP contribution is -2.35. The lowest BCUT2D eigenvalue weighted by atomic mass is 10.1. The van der Waals surface area contributed by atoms with Crippen LogP contribution in [0.1, 0.15) is 5.56 Å². The SMILES string of the molecule is N=C1/C(=C/c2ccc(Br)cc2)C(=O)N=C2SC(C(F)(F)F)=NN12. The number of hydrazone groups is 1. The number of amides is 1. The fourth-order valence-corrected chi connectivity index (χ4v) is 2.85. The molecule has 0 aromatic heterocycles. The number of hydrogen-bond acceptors (Lipinski definition) is 4. The molecule has 1 amide bonds. The van der Waals surface area contributed by atoms with Gasteiger partial charge in [0.25, 0.3) is 5.91 Å². The third-order valence-corrected chi connectivity index (χ3v) is 4.36. The van der Waals surface area contributed by atoms with Crippen molar-refractivity contribution in [3.05, 3.63) is 39.9 Å². The molecule has 0 saturated heterocycles. The standard InChI is InChI=1S/C13H6BrF3N4OS/c14-7-3-1-6(2-4-7)5-8-9(18)21-12(19-10(8)22)23-11(20-21)13(15,16)17/h1-5,18H/b8-5-,18-9?. The van der Waals surface area contributed by atoms with E-state index < -0.39 is 23.0 Å². The highest BCUT2D eigenvalue weighted by molar-refractivity contribution is 9.10. The van der Waals surface area contributed by atoms with E-state index in [0.29, 0.717) is 5.56 Å². The summed E-state index contributed by atoms with van der Waals surface area (Å²) in [6.45, 7) is 0. The number of amidine groups is 2. The van der Waals surface area contributed by atoms with Crippen molar-refractivity contribution in [1.29, 1.82) is 5.41 Å². The summed E-state index contributed by atoms with van der Waals surface area (Å²) >= 11 is 3.49. The fraction of sp³-hybridized carbons (Fsp3) is 0.0769. The van der Waals surface area contributed by atoms with Crippen molar-refractivity contribution in [1.82, 2.24) is 5.01 Å². The van der Waals surface area contributed by atoms with E-state index in [4.69, 9.17) is 5.41 Å². The van der Waals surface area contributed by atoms with Crippen molar-refractivity contribution in [3.63, 3.8) is 0 Å². The Kier molecular flexibility index (Phi) is 3.88. The zero-order chi connectivity index (χ0) is 16.8. The van der Waals surface area contributed by atoms with Crippen LogP contribution >= 0.6 is 27.7 Å². The van der Waals surface area contributed by atoms with Crippen molar-refractivity contribution < 1.29 is 18.0 Å². The van der Waals surface area contributed by atoms with Crippen LogP contribution in [0.15, 0.2) is 44.4 Å². The van der Waals surface area contributed by atoms with Gasteiger partial charge in [-0.1, -0.05) is 28.1 Å². The van der Waals surface area contributed by atoms with Gasteiger partial charge in [-0.2, -0.15) is 28.3 Å². The first-order valence-corrected chi connectivity index (χ1v) is 7.69. The van der Waals surface area contributed by atoms with Gasteiger partial charge in [0.05, 0.1) is 5.57 Å². The van der Waals surface area contributed by atoms with Gasteiger partial charge < -0.3 is 0 Å². The summed E-state index contributed by atoms with van der Waals surface area (Å²) in [6, 6.07) is 6.87. The predicted molar refractivity (Wildman–Crippen MR) is 85.2 cm³/mol. The van der Waals surface area contributed by atoms with Crippen LogP contribution in [-0.2, 0) is 4.79 Å². The van der Waals surface area contributed by atoms with Crippen LogP contribution in [-0.4, -0.2) is 33.1 Å². The second-order valence-corrected chi connectivity index (χ2v) is 6.35. The molecular formula is C13H6BrF3N4OS. The minimum atomic E-state index is -4.65. The van der Waals surface area contributed by atoms with E-state index in [2.05, 4.69) is 26.0 Å². The minimum absolute atomic E-state index is 0.121. The molecule has 1 N–H and O–H groups in total. The lowest BCUT2D eigenvalue weighted by molar-refractivity contribution is -0.114. The number of carbonyl (C=O) groups excluding carboxylic acids is 1. The molecule has 2 aliphatic rings. The number of thioether (sulfide) groups is 1. The van der Waals surface area contributed by atoms with Gasteiger partial charge in [0.2, 0.25) is 10.2 Å². The van der Waals surface area contributed by atoms with Gasteiger partial charge in [-0.3, -0.25) is 10.2 Å². The maximum Gasteiger partial charge on any atom is 0.441 e. The van der Waals surface area contributed by atoms with Crippen molar-refractivity contribution in [2.45, 2.75) is 6.18 Å². The molecule has 1 aromatic rings. The summed E-state index contributed by atoms with van der Waals surface area (Å²) in [5, 5.41) is 10.6. The number of halogens is 4. The van der Waals surface area contributed by atoms with E-state index >= 15 is 0 Å². The summed E-state index contributed by atoms with van der Waals surface area (Å²) in [4.78, 5) is 15.6. The molecule has 0 fully saturated rings. The van der Waals surface area contributed by atoms with Crippen molar-refractivity contribution in [2.24, 2.45) is 10.1 Å². The van der Waals surface area contributed by atoms with Crippen LogP contribution in [0.5, 0.6) is 0 Å².